The minimum atomic E-state index is -0.691. The van der Waals surface area contributed by atoms with Gasteiger partial charge >= 0.3 is 5.69 Å². The van der Waals surface area contributed by atoms with E-state index >= 15 is 0 Å². The van der Waals surface area contributed by atoms with E-state index < -0.39 is 29.7 Å². The van der Waals surface area contributed by atoms with Crippen LogP contribution in [0, 0.1) is 6.92 Å². The summed E-state index contributed by atoms with van der Waals surface area (Å²) in [5.41, 5.74) is 4.88. The molecule has 1 aliphatic heterocycles. The highest BCUT2D eigenvalue weighted by molar-refractivity contribution is 5.02. The first kappa shape index (κ1) is 15.6. The van der Waals surface area contributed by atoms with E-state index in [-0.39, 0.29) is 13.0 Å². The molecule has 1 aromatic rings. The lowest BCUT2D eigenvalue weighted by molar-refractivity contribution is -0.0152. The zero-order valence-electron chi connectivity index (χ0n) is 11.4. The van der Waals surface area contributed by atoms with E-state index in [4.69, 9.17) is 10.5 Å². The SMILES string of the molecule is CC.Cc1cn(C2CC(O)C(CN)O2)c(=O)[nH]c1=O. The van der Waals surface area contributed by atoms with Crippen molar-refractivity contribution in [3.63, 3.8) is 0 Å². The molecular weight excluding hydrogens is 250 g/mol. The number of H-pyrrole nitrogens is 1. The van der Waals surface area contributed by atoms with Crippen molar-refractivity contribution in [2.24, 2.45) is 5.73 Å². The summed E-state index contributed by atoms with van der Waals surface area (Å²) in [6, 6.07) is 0. The van der Waals surface area contributed by atoms with Crippen LogP contribution >= 0.6 is 0 Å². The molecule has 7 heteroatoms. The molecule has 0 spiro atoms. The topological polar surface area (TPSA) is 110 Å². The Morgan fingerprint density at radius 2 is 2.16 bits per heavy atom. The highest BCUT2D eigenvalue weighted by Crippen LogP contribution is 2.26. The number of aliphatic hydroxyl groups is 1. The average molecular weight is 271 g/mol. The number of rotatable bonds is 2. The highest BCUT2D eigenvalue weighted by atomic mass is 16.5. The van der Waals surface area contributed by atoms with E-state index in [0.717, 1.165) is 0 Å². The van der Waals surface area contributed by atoms with Crippen molar-refractivity contribution in [1.82, 2.24) is 9.55 Å². The molecule has 7 nitrogen and oxygen atoms in total. The van der Waals surface area contributed by atoms with Gasteiger partial charge in [-0.2, -0.15) is 0 Å². The van der Waals surface area contributed by atoms with Crippen LogP contribution < -0.4 is 17.0 Å². The molecule has 0 saturated carbocycles. The van der Waals surface area contributed by atoms with Gasteiger partial charge in [-0.15, -0.1) is 0 Å². The summed E-state index contributed by atoms with van der Waals surface area (Å²) in [6.45, 7) is 5.79. The van der Waals surface area contributed by atoms with Gasteiger partial charge in [0.1, 0.15) is 6.23 Å². The van der Waals surface area contributed by atoms with Gasteiger partial charge in [0.25, 0.3) is 5.56 Å². The third kappa shape index (κ3) is 3.31. The zero-order valence-corrected chi connectivity index (χ0v) is 11.4. The summed E-state index contributed by atoms with van der Waals surface area (Å²) >= 11 is 0. The van der Waals surface area contributed by atoms with Gasteiger partial charge in [0, 0.05) is 24.7 Å². The maximum absolute atomic E-state index is 11.6. The summed E-state index contributed by atoms with van der Waals surface area (Å²) in [6.07, 6.45) is -0.0325. The zero-order chi connectivity index (χ0) is 14.6. The van der Waals surface area contributed by atoms with Gasteiger partial charge in [-0.25, -0.2) is 4.79 Å². The normalized spacial score (nSPS) is 25.8. The Kier molecular flexibility index (Phi) is 5.46. The molecule has 1 saturated heterocycles. The Morgan fingerprint density at radius 3 is 2.68 bits per heavy atom. The van der Waals surface area contributed by atoms with Crippen LogP contribution in [0.25, 0.3) is 0 Å². The van der Waals surface area contributed by atoms with Gasteiger partial charge in [0.05, 0.1) is 12.2 Å². The maximum atomic E-state index is 11.6. The van der Waals surface area contributed by atoms with E-state index in [1.165, 1.54) is 10.8 Å². The fraction of sp³-hybridized carbons (Fsp3) is 0.667. The molecule has 0 radical (unpaired) electrons. The molecular formula is C12H21N3O4. The second-order valence-electron chi connectivity index (χ2n) is 4.15. The van der Waals surface area contributed by atoms with Crippen molar-refractivity contribution in [1.29, 1.82) is 0 Å². The molecule has 1 aliphatic rings. The van der Waals surface area contributed by atoms with Gasteiger partial charge < -0.3 is 15.6 Å². The molecule has 1 fully saturated rings. The second kappa shape index (κ2) is 6.65. The van der Waals surface area contributed by atoms with Crippen LogP contribution in [0.3, 0.4) is 0 Å². The molecule has 0 aliphatic carbocycles. The number of nitrogens with one attached hydrogen (secondary N) is 1. The van der Waals surface area contributed by atoms with E-state index in [1.807, 2.05) is 13.8 Å². The van der Waals surface area contributed by atoms with Gasteiger partial charge in [-0.3, -0.25) is 14.3 Å². The molecule has 0 aromatic carbocycles. The fourth-order valence-corrected chi connectivity index (χ4v) is 1.90. The molecule has 0 bridgehead atoms. The number of aromatic amines is 1. The third-order valence-corrected chi connectivity index (χ3v) is 2.89. The second-order valence-corrected chi connectivity index (χ2v) is 4.15. The first-order chi connectivity index (χ1) is 9.02. The lowest BCUT2D eigenvalue weighted by Gasteiger charge is -2.14. The van der Waals surface area contributed by atoms with E-state index in [0.29, 0.717) is 5.56 Å². The molecule has 1 aromatic heterocycles. The molecule has 19 heavy (non-hydrogen) atoms. The van der Waals surface area contributed by atoms with Crippen LogP contribution in [0.15, 0.2) is 15.8 Å². The molecule has 0 amide bonds. The third-order valence-electron chi connectivity index (χ3n) is 2.89. The molecule has 4 N–H and O–H groups in total. The minimum Gasteiger partial charge on any atom is -0.390 e. The van der Waals surface area contributed by atoms with Crippen molar-refractivity contribution in [3.05, 3.63) is 32.6 Å². The number of hydrogen-bond acceptors (Lipinski definition) is 5. The minimum absolute atomic E-state index is 0.189. The fourth-order valence-electron chi connectivity index (χ4n) is 1.90. The number of aromatic nitrogens is 2. The van der Waals surface area contributed by atoms with E-state index in [1.54, 1.807) is 6.92 Å². The predicted molar refractivity (Wildman–Crippen MR) is 71.0 cm³/mol. The summed E-state index contributed by atoms with van der Waals surface area (Å²) in [4.78, 5) is 25.0. The number of aryl methyl sites for hydroxylation is 1. The van der Waals surface area contributed by atoms with Crippen molar-refractivity contribution < 1.29 is 9.84 Å². The Bertz CT molecular complexity index is 522. The summed E-state index contributed by atoms with van der Waals surface area (Å²) in [7, 11) is 0. The van der Waals surface area contributed by atoms with Crippen LogP contribution in [0.2, 0.25) is 0 Å². The smallest absolute Gasteiger partial charge is 0.330 e. The quantitative estimate of drug-likeness (QED) is 0.670. The summed E-state index contributed by atoms with van der Waals surface area (Å²) in [5, 5.41) is 9.64. The number of nitrogens with two attached hydrogens (primary N) is 1. The largest absolute Gasteiger partial charge is 0.390 e. The van der Waals surface area contributed by atoms with E-state index in [2.05, 4.69) is 4.98 Å². The number of ether oxygens (including phenoxy) is 1. The Hall–Kier alpha value is -1.44. The monoisotopic (exact) mass is 271 g/mol. The predicted octanol–water partition coefficient (Wildman–Crippen LogP) is -0.522. The number of nitrogens with zero attached hydrogens (tertiary/aromatic N) is 1. The van der Waals surface area contributed by atoms with Crippen LogP contribution in [-0.4, -0.2) is 33.4 Å². The van der Waals surface area contributed by atoms with Crippen molar-refractivity contribution in [3.8, 4) is 0 Å². The van der Waals surface area contributed by atoms with E-state index in [9.17, 15) is 14.7 Å². The maximum Gasteiger partial charge on any atom is 0.330 e. The van der Waals surface area contributed by atoms with Gasteiger partial charge in [-0.1, -0.05) is 13.8 Å². The van der Waals surface area contributed by atoms with Crippen LogP contribution in [0.1, 0.15) is 32.1 Å². The van der Waals surface area contributed by atoms with Crippen molar-refractivity contribution in [2.45, 2.75) is 45.6 Å². The first-order valence-electron chi connectivity index (χ1n) is 6.38. The highest BCUT2D eigenvalue weighted by Gasteiger charge is 2.34. The molecule has 2 rings (SSSR count). The van der Waals surface area contributed by atoms with Crippen LogP contribution in [-0.2, 0) is 4.74 Å². The van der Waals surface area contributed by atoms with Crippen LogP contribution in [0.4, 0.5) is 0 Å². The first-order valence-corrected chi connectivity index (χ1v) is 6.38. The number of hydrogen-bond donors (Lipinski definition) is 3. The van der Waals surface area contributed by atoms with Gasteiger partial charge in [0.2, 0.25) is 0 Å². The Labute approximate surface area is 111 Å². The number of aliphatic hydroxyl groups excluding tert-OH is 1. The standard InChI is InChI=1S/C10H15N3O4.C2H6/c1-5-4-13(10(16)12-9(5)15)8-2-6(14)7(3-11)17-8;1-2/h4,6-8,14H,2-3,11H2,1H3,(H,12,15,16);1-2H3. The molecule has 3 unspecified atom stereocenters. The van der Waals surface area contributed by atoms with Crippen LogP contribution in [0.5, 0.6) is 0 Å². The molecule has 2 heterocycles. The van der Waals surface area contributed by atoms with Gasteiger partial charge in [-0.05, 0) is 6.92 Å². The van der Waals surface area contributed by atoms with Gasteiger partial charge in [0.15, 0.2) is 0 Å². The molecule has 3 atom stereocenters. The lowest BCUT2D eigenvalue weighted by Crippen LogP contribution is -2.33. The lowest BCUT2D eigenvalue weighted by atomic mass is 10.2. The average Bonchev–Trinajstić information content (AvgIpc) is 2.77. The van der Waals surface area contributed by atoms with Crippen molar-refractivity contribution in [2.75, 3.05) is 6.54 Å². The van der Waals surface area contributed by atoms with Crippen molar-refractivity contribution >= 4 is 0 Å². The molecule has 108 valence electrons. The summed E-state index contributed by atoms with van der Waals surface area (Å²) in [5.74, 6) is 0. The Balaban J connectivity index is 0.000000861. The Morgan fingerprint density at radius 1 is 1.53 bits per heavy atom. The summed E-state index contributed by atoms with van der Waals surface area (Å²) < 4.78 is 6.72.